The van der Waals surface area contributed by atoms with Crippen LogP contribution in [0.5, 0.6) is 0 Å². The van der Waals surface area contributed by atoms with E-state index in [-0.39, 0.29) is 5.69 Å². The van der Waals surface area contributed by atoms with E-state index in [0.717, 1.165) is 12.1 Å². The van der Waals surface area contributed by atoms with Gasteiger partial charge in [-0.05, 0) is 23.8 Å². The minimum Gasteiger partial charge on any atom is -0.364 e. The Labute approximate surface area is 161 Å². The molecule has 1 amide bonds. The summed E-state index contributed by atoms with van der Waals surface area (Å²) in [5.74, 6) is -0.731. The highest BCUT2D eigenvalue weighted by molar-refractivity contribution is 7.13. The smallest absolute Gasteiger partial charge is 0.364 e. The maximum Gasteiger partial charge on any atom is 0.416 e. The van der Waals surface area contributed by atoms with Crippen molar-refractivity contribution < 1.29 is 18.0 Å². The molecular weight excluding hydrogens is 387 g/mol. The van der Waals surface area contributed by atoms with E-state index in [1.165, 1.54) is 17.4 Å². The summed E-state index contributed by atoms with van der Waals surface area (Å²) in [6, 6.07) is 11.9. The number of halogens is 3. The zero-order chi connectivity index (χ0) is 19.9. The van der Waals surface area contributed by atoms with Crippen molar-refractivity contribution in [1.82, 2.24) is 9.97 Å². The zero-order valence-corrected chi connectivity index (χ0v) is 15.0. The maximum atomic E-state index is 13.1. The number of amides is 1. The Kier molecular flexibility index (Phi) is 4.35. The largest absolute Gasteiger partial charge is 0.416 e. The van der Waals surface area contributed by atoms with Gasteiger partial charge in [0.25, 0.3) is 5.91 Å². The third-order valence-corrected chi connectivity index (χ3v) is 5.05. The summed E-state index contributed by atoms with van der Waals surface area (Å²) in [5.41, 5.74) is 6.52. The number of alkyl halides is 3. The number of fused-ring (bicyclic) bond motifs is 1. The van der Waals surface area contributed by atoms with Gasteiger partial charge in [0.05, 0.1) is 11.1 Å². The monoisotopic (exact) mass is 399 g/mol. The minimum atomic E-state index is -4.45. The summed E-state index contributed by atoms with van der Waals surface area (Å²) in [6.07, 6.45) is -2.85. The summed E-state index contributed by atoms with van der Waals surface area (Å²) >= 11 is 1.34. The number of carbonyl (C=O) groups excluding carboxylic acids is 1. The first-order valence-corrected chi connectivity index (χ1v) is 9.03. The van der Waals surface area contributed by atoms with Crippen LogP contribution in [0.1, 0.15) is 16.1 Å². The van der Waals surface area contributed by atoms with Crippen molar-refractivity contribution in [3.8, 4) is 21.7 Å². The van der Waals surface area contributed by atoms with E-state index in [1.54, 1.807) is 41.9 Å². The molecule has 0 saturated heterocycles. The number of primary amides is 1. The van der Waals surface area contributed by atoms with Crippen LogP contribution in [0, 0.1) is 0 Å². The molecule has 2 aromatic carbocycles. The van der Waals surface area contributed by atoms with Crippen molar-refractivity contribution in [3.63, 3.8) is 0 Å². The molecule has 4 aromatic rings. The number of para-hydroxylation sites is 1. The molecule has 140 valence electrons. The van der Waals surface area contributed by atoms with Crippen LogP contribution in [0.25, 0.3) is 32.6 Å². The van der Waals surface area contributed by atoms with Crippen molar-refractivity contribution in [2.45, 2.75) is 6.18 Å². The van der Waals surface area contributed by atoms with Crippen LogP contribution in [0.4, 0.5) is 13.2 Å². The third-order valence-electron chi connectivity index (χ3n) is 4.24. The molecule has 0 atom stereocenters. The molecule has 0 spiro atoms. The molecule has 0 aliphatic heterocycles. The van der Waals surface area contributed by atoms with Gasteiger partial charge in [-0.2, -0.15) is 13.2 Å². The lowest BCUT2D eigenvalue weighted by Gasteiger charge is -2.12. The molecule has 0 aliphatic carbocycles. The summed E-state index contributed by atoms with van der Waals surface area (Å²) in [7, 11) is 0. The summed E-state index contributed by atoms with van der Waals surface area (Å²) < 4.78 is 39.3. The zero-order valence-electron chi connectivity index (χ0n) is 14.2. The van der Waals surface area contributed by atoms with Gasteiger partial charge in [0, 0.05) is 28.1 Å². The van der Waals surface area contributed by atoms with Gasteiger partial charge in [0.1, 0.15) is 10.7 Å². The molecule has 8 heteroatoms. The van der Waals surface area contributed by atoms with Crippen molar-refractivity contribution >= 4 is 28.1 Å². The predicted octanol–water partition coefficient (Wildman–Crippen LogP) is 5.14. The molecule has 0 aliphatic rings. The van der Waals surface area contributed by atoms with Crippen LogP contribution in [-0.4, -0.2) is 15.9 Å². The van der Waals surface area contributed by atoms with Crippen LogP contribution in [0.2, 0.25) is 0 Å². The number of pyridine rings is 1. The van der Waals surface area contributed by atoms with Gasteiger partial charge in [-0.3, -0.25) is 4.79 Å². The molecule has 0 bridgehead atoms. The third kappa shape index (κ3) is 3.22. The van der Waals surface area contributed by atoms with Crippen LogP contribution >= 0.6 is 11.3 Å². The molecule has 2 aromatic heterocycles. The number of hydrogen-bond donors (Lipinski definition) is 1. The topological polar surface area (TPSA) is 68.9 Å². The average Bonchev–Trinajstić information content (AvgIpc) is 3.20. The minimum absolute atomic E-state index is 0.0295. The molecule has 0 saturated carbocycles. The van der Waals surface area contributed by atoms with E-state index >= 15 is 0 Å². The summed E-state index contributed by atoms with van der Waals surface area (Å²) in [5, 5.41) is 3.03. The summed E-state index contributed by atoms with van der Waals surface area (Å²) in [6.45, 7) is 0. The first-order valence-electron chi connectivity index (χ1n) is 8.15. The molecule has 4 rings (SSSR count). The lowest BCUT2D eigenvalue weighted by molar-refractivity contribution is -0.137. The van der Waals surface area contributed by atoms with E-state index in [4.69, 9.17) is 5.73 Å². The Morgan fingerprint density at radius 1 is 1.04 bits per heavy atom. The lowest BCUT2D eigenvalue weighted by atomic mass is 9.98. The maximum absolute atomic E-state index is 13.1. The number of hydrogen-bond acceptors (Lipinski definition) is 4. The fourth-order valence-corrected chi connectivity index (χ4v) is 3.66. The molecule has 2 N–H and O–H groups in total. The second kappa shape index (κ2) is 6.72. The highest BCUT2D eigenvalue weighted by Gasteiger charge is 2.30. The van der Waals surface area contributed by atoms with Crippen molar-refractivity contribution in [3.05, 3.63) is 71.4 Å². The Morgan fingerprint density at radius 2 is 1.82 bits per heavy atom. The fraction of sp³-hybridized carbons (Fsp3) is 0.0500. The highest BCUT2D eigenvalue weighted by Crippen LogP contribution is 2.36. The molecule has 0 unspecified atom stereocenters. The Bertz CT molecular complexity index is 1190. The molecule has 28 heavy (non-hydrogen) atoms. The standard InChI is InChI=1S/C20H12F3N3OS/c21-20(22,23)13-5-1-3-11(9-13)14-6-2-4-12-10-15(19-25-7-8-28-19)17(18(24)27)26-16(12)14/h1-10H,(H2,24,27). The second-order valence-corrected chi connectivity index (χ2v) is 6.94. The number of carbonyl (C=O) groups is 1. The average molecular weight is 399 g/mol. The van der Waals surface area contributed by atoms with Gasteiger partial charge in [0.15, 0.2) is 0 Å². The van der Waals surface area contributed by atoms with E-state index in [9.17, 15) is 18.0 Å². The number of thiazole rings is 1. The van der Waals surface area contributed by atoms with Crippen molar-refractivity contribution in [2.24, 2.45) is 5.73 Å². The first kappa shape index (κ1) is 18.1. The quantitative estimate of drug-likeness (QED) is 0.518. The van der Waals surface area contributed by atoms with Crippen LogP contribution in [0.15, 0.2) is 60.1 Å². The highest BCUT2D eigenvalue weighted by atomic mass is 32.1. The van der Waals surface area contributed by atoms with Gasteiger partial charge >= 0.3 is 6.18 Å². The Balaban J connectivity index is 1.97. The molecule has 2 heterocycles. The number of nitrogens with two attached hydrogens (primary N) is 1. The van der Waals surface area contributed by atoms with E-state index < -0.39 is 17.6 Å². The fourth-order valence-electron chi connectivity index (χ4n) is 3.00. The van der Waals surface area contributed by atoms with Gasteiger partial charge < -0.3 is 5.73 Å². The Morgan fingerprint density at radius 3 is 2.50 bits per heavy atom. The van der Waals surface area contributed by atoms with Gasteiger partial charge in [-0.15, -0.1) is 11.3 Å². The Hall–Kier alpha value is -3.26. The van der Waals surface area contributed by atoms with Crippen LogP contribution < -0.4 is 5.73 Å². The number of rotatable bonds is 3. The van der Waals surface area contributed by atoms with Crippen LogP contribution in [-0.2, 0) is 6.18 Å². The second-order valence-electron chi connectivity index (χ2n) is 6.04. The lowest BCUT2D eigenvalue weighted by Crippen LogP contribution is -2.15. The molecule has 0 radical (unpaired) electrons. The number of benzene rings is 2. The number of nitrogens with zero attached hydrogens (tertiary/aromatic N) is 2. The van der Waals surface area contributed by atoms with Gasteiger partial charge in [0.2, 0.25) is 0 Å². The number of aromatic nitrogens is 2. The van der Waals surface area contributed by atoms with E-state index in [2.05, 4.69) is 9.97 Å². The van der Waals surface area contributed by atoms with Gasteiger partial charge in [-0.25, -0.2) is 9.97 Å². The van der Waals surface area contributed by atoms with Crippen LogP contribution in [0.3, 0.4) is 0 Å². The summed E-state index contributed by atoms with van der Waals surface area (Å²) in [4.78, 5) is 20.6. The van der Waals surface area contributed by atoms with Gasteiger partial charge in [-0.1, -0.05) is 30.3 Å². The predicted molar refractivity (Wildman–Crippen MR) is 102 cm³/mol. The SMILES string of the molecule is NC(=O)c1nc2c(-c3cccc(C(F)(F)F)c3)cccc2cc1-c1nccs1. The first-order chi connectivity index (χ1) is 13.3. The van der Waals surface area contributed by atoms with Crippen molar-refractivity contribution in [2.75, 3.05) is 0 Å². The van der Waals surface area contributed by atoms with Crippen molar-refractivity contribution in [1.29, 1.82) is 0 Å². The molecule has 4 nitrogen and oxygen atoms in total. The van der Waals surface area contributed by atoms with E-state index in [0.29, 0.717) is 32.6 Å². The normalized spacial score (nSPS) is 11.7. The molecule has 0 fully saturated rings. The van der Waals surface area contributed by atoms with E-state index in [1.807, 2.05) is 0 Å². The molecular formula is C20H12F3N3OS.